The maximum atomic E-state index is 11.9. The van der Waals surface area contributed by atoms with Crippen molar-refractivity contribution in [3.8, 4) is 0 Å². The van der Waals surface area contributed by atoms with Gasteiger partial charge in [-0.15, -0.1) is 0 Å². The van der Waals surface area contributed by atoms with E-state index in [2.05, 4.69) is 4.72 Å². The highest BCUT2D eigenvalue weighted by Gasteiger charge is 2.09. The molecule has 2 aromatic rings. The van der Waals surface area contributed by atoms with Gasteiger partial charge in [0.05, 0.1) is 4.90 Å². The van der Waals surface area contributed by atoms with Crippen LogP contribution in [0.1, 0.15) is 0 Å². The molecule has 0 aliphatic carbocycles. The summed E-state index contributed by atoms with van der Waals surface area (Å²) in [6.07, 6.45) is 4.10. The first-order chi connectivity index (χ1) is 9.09. The Bertz CT molecular complexity index is 734. The van der Waals surface area contributed by atoms with Crippen LogP contribution in [-0.4, -0.2) is 13.0 Å². The van der Waals surface area contributed by atoms with Crippen LogP contribution in [0.5, 0.6) is 0 Å². The molecular weight excluding hydrogens is 264 g/mol. The summed E-state index contributed by atoms with van der Waals surface area (Å²) < 4.78 is 27.3. The van der Waals surface area contributed by atoms with Crippen LogP contribution in [0.15, 0.2) is 70.6 Å². The quantitative estimate of drug-likeness (QED) is 0.914. The van der Waals surface area contributed by atoms with Crippen molar-refractivity contribution in [3.05, 3.63) is 71.3 Å². The average molecular weight is 276 g/mol. The Labute approximate surface area is 110 Å². The number of aromatic nitrogens is 1. The van der Waals surface area contributed by atoms with Gasteiger partial charge in [-0.25, -0.2) is 8.42 Å². The number of pyridine rings is 1. The van der Waals surface area contributed by atoms with Crippen LogP contribution in [0.25, 0.3) is 6.20 Å². The van der Waals surface area contributed by atoms with Crippen molar-refractivity contribution >= 4 is 16.2 Å². The smallest absolute Gasteiger partial charge is 0.261 e. The summed E-state index contributed by atoms with van der Waals surface area (Å²) in [5.74, 6) is 0. The molecule has 0 bridgehead atoms. The van der Waals surface area contributed by atoms with E-state index in [0.717, 1.165) is 0 Å². The molecule has 0 radical (unpaired) electrons. The predicted molar refractivity (Wildman–Crippen MR) is 72.8 cm³/mol. The first-order valence-corrected chi connectivity index (χ1v) is 6.99. The van der Waals surface area contributed by atoms with Gasteiger partial charge in [-0.3, -0.25) is 14.1 Å². The van der Waals surface area contributed by atoms with Gasteiger partial charge in [-0.2, -0.15) is 0 Å². The maximum Gasteiger partial charge on any atom is 0.261 e. The van der Waals surface area contributed by atoms with E-state index in [1.165, 1.54) is 41.4 Å². The molecule has 1 aromatic heterocycles. The monoisotopic (exact) mass is 276 g/mol. The fourth-order valence-corrected chi connectivity index (χ4v) is 2.32. The van der Waals surface area contributed by atoms with Gasteiger partial charge in [-0.1, -0.05) is 24.3 Å². The average Bonchev–Trinajstić information content (AvgIpc) is 2.42. The number of benzene rings is 1. The molecule has 6 heteroatoms. The molecule has 0 aliphatic heterocycles. The van der Waals surface area contributed by atoms with Crippen molar-refractivity contribution in [1.29, 1.82) is 0 Å². The molecule has 0 atom stereocenters. The fraction of sp³-hybridized carbons (Fsp3) is 0. The molecular formula is C13H12N2O3S. The second-order valence-corrected chi connectivity index (χ2v) is 5.41. The summed E-state index contributed by atoms with van der Waals surface area (Å²) in [5, 5.41) is 0. The molecule has 1 heterocycles. The highest BCUT2D eigenvalue weighted by molar-refractivity contribution is 7.89. The van der Waals surface area contributed by atoms with E-state index in [9.17, 15) is 13.2 Å². The molecule has 0 amide bonds. The van der Waals surface area contributed by atoms with Crippen molar-refractivity contribution in [2.75, 3.05) is 0 Å². The molecule has 2 rings (SSSR count). The molecule has 0 fully saturated rings. The third kappa shape index (κ3) is 3.32. The Morgan fingerprint density at radius 2 is 1.68 bits per heavy atom. The van der Waals surface area contributed by atoms with E-state index in [0.29, 0.717) is 0 Å². The number of nitrogens with zero attached hydrogens (tertiary/aromatic N) is 1. The van der Waals surface area contributed by atoms with E-state index >= 15 is 0 Å². The molecule has 5 nitrogen and oxygen atoms in total. The van der Waals surface area contributed by atoms with Crippen LogP contribution in [-0.2, 0) is 10.0 Å². The highest BCUT2D eigenvalue weighted by atomic mass is 32.2. The summed E-state index contributed by atoms with van der Waals surface area (Å²) in [6.45, 7) is 0. The summed E-state index contributed by atoms with van der Waals surface area (Å²) in [7, 11) is -3.60. The Morgan fingerprint density at radius 1 is 1.00 bits per heavy atom. The lowest BCUT2D eigenvalue weighted by atomic mass is 10.4. The van der Waals surface area contributed by atoms with E-state index in [-0.39, 0.29) is 10.5 Å². The summed E-state index contributed by atoms with van der Waals surface area (Å²) in [4.78, 5) is 11.5. The van der Waals surface area contributed by atoms with Crippen molar-refractivity contribution in [2.24, 2.45) is 0 Å². The van der Waals surface area contributed by atoms with Crippen molar-refractivity contribution < 1.29 is 8.42 Å². The molecule has 98 valence electrons. The predicted octanol–water partition coefficient (Wildman–Crippen LogP) is 1.26. The van der Waals surface area contributed by atoms with Gasteiger partial charge in [0.2, 0.25) is 0 Å². The first kappa shape index (κ1) is 13.1. The minimum atomic E-state index is -3.60. The van der Waals surface area contributed by atoms with E-state index < -0.39 is 10.0 Å². The van der Waals surface area contributed by atoms with E-state index in [1.54, 1.807) is 30.3 Å². The third-order valence-electron chi connectivity index (χ3n) is 2.36. The molecule has 0 saturated carbocycles. The fourth-order valence-electron chi connectivity index (χ4n) is 1.43. The number of nitrogens with one attached hydrogen (secondary N) is 1. The van der Waals surface area contributed by atoms with Crippen LogP contribution in [0.2, 0.25) is 0 Å². The van der Waals surface area contributed by atoms with Crippen LogP contribution >= 0.6 is 0 Å². The van der Waals surface area contributed by atoms with Gasteiger partial charge in [0, 0.05) is 24.7 Å². The van der Waals surface area contributed by atoms with Gasteiger partial charge in [-0.05, 0) is 18.2 Å². The first-order valence-electron chi connectivity index (χ1n) is 5.51. The molecule has 0 aliphatic rings. The van der Waals surface area contributed by atoms with Crippen molar-refractivity contribution in [1.82, 2.24) is 9.29 Å². The summed E-state index contributed by atoms with van der Waals surface area (Å²) in [5.41, 5.74) is -0.238. The zero-order chi connectivity index (χ0) is 13.7. The standard InChI is InChI=1S/C13H12N2O3S/c16-13-8-4-5-10-15(13)11-9-14-19(17,18)12-6-2-1-3-7-12/h1-11,14H. The molecule has 19 heavy (non-hydrogen) atoms. The van der Waals surface area contributed by atoms with Gasteiger partial charge in [0.25, 0.3) is 15.6 Å². The lowest BCUT2D eigenvalue weighted by Gasteiger charge is -2.03. The zero-order valence-corrected chi connectivity index (χ0v) is 10.7. The SMILES string of the molecule is O=c1ccccn1C=CNS(=O)(=O)c1ccccc1. The summed E-state index contributed by atoms with van der Waals surface area (Å²) in [6, 6.07) is 12.7. The van der Waals surface area contributed by atoms with Gasteiger partial charge in [0.1, 0.15) is 0 Å². The second-order valence-electron chi connectivity index (χ2n) is 3.70. The Balaban J connectivity index is 2.15. The van der Waals surface area contributed by atoms with Crippen LogP contribution < -0.4 is 10.3 Å². The Hall–Kier alpha value is -2.34. The van der Waals surface area contributed by atoms with Gasteiger partial charge < -0.3 is 0 Å². The van der Waals surface area contributed by atoms with Gasteiger partial charge in [0.15, 0.2) is 0 Å². The third-order valence-corrected chi connectivity index (χ3v) is 3.70. The molecule has 0 unspecified atom stereocenters. The van der Waals surface area contributed by atoms with Gasteiger partial charge >= 0.3 is 0 Å². The van der Waals surface area contributed by atoms with Crippen LogP contribution in [0.4, 0.5) is 0 Å². The minimum Gasteiger partial charge on any atom is -0.290 e. The summed E-state index contributed by atoms with van der Waals surface area (Å²) >= 11 is 0. The largest absolute Gasteiger partial charge is 0.290 e. The second kappa shape index (κ2) is 5.53. The Kier molecular flexibility index (Phi) is 3.82. The minimum absolute atomic E-state index is 0.167. The lowest BCUT2D eigenvalue weighted by Crippen LogP contribution is -2.19. The molecule has 1 aromatic carbocycles. The van der Waals surface area contributed by atoms with E-state index in [4.69, 9.17) is 0 Å². The molecule has 1 N–H and O–H groups in total. The molecule has 0 spiro atoms. The van der Waals surface area contributed by atoms with Crippen LogP contribution in [0.3, 0.4) is 0 Å². The normalized spacial score (nSPS) is 11.6. The number of rotatable bonds is 4. The molecule has 0 saturated heterocycles. The zero-order valence-electron chi connectivity index (χ0n) is 9.93. The Morgan fingerprint density at radius 3 is 2.37 bits per heavy atom. The van der Waals surface area contributed by atoms with Crippen molar-refractivity contribution in [3.63, 3.8) is 0 Å². The number of hydrogen-bond donors (Lipinski definition) is 1. The van der Waals surface area contributed by atoms with Crippen molar-refractivity contribution in [2.45, 2.75) is 4.90 Å². The number of sulfonamides is 1. The topological polar surface area (TPSA) is 68.2 Å². The maximum absolute atomic E-state index is 11.9. The van der Waals surface area contributed by atoms with E-state index in [1.807, 2.05) is 0 Å². The highest BCUT2D eigenvalue weighted by Crippen LogP contribution is 2.06. The van der Waals surface area contributed by atoms with Crippen LogP contribution in [0, 0.1) is 0 Å². The number of hydrogen-bond acceptors (Lipinski definition) is 3. The lowest BCUT2D eigenvalue weighted by molar-refractivity contribution is 0.590.